The van der Waals surface area contributed by atoms with Crippen molar-refractivity contribution in [1.82, 2.24) is 24.3 Å². The van der Waals surface area contributed by atoms with E-state index in [2.05, 4.69) is 29.6 Å². The highest BCUT2D eigenvalue weighted by atomic mass is 32.1. The number of anilines is 2. The molecule has 4 aromatic rings. The molecule has 0 saturated heterocycles. The molecule has 0 amide bonds. The maximum Gasteiger partial charge on any atom is 0.421 e. The van der Waals surface area contributed by atoms with E-state index in [0.717, 1.165) is 30.8 Å². The first-order valence-corrected chi connectivity index (χ1v) is 9.86. The number of halogens is 6. The molecule has 0 atom stereocenters. The molecular weight excluding hydrogens is 474 g/mol. The summed E-state index contributed by atoms with van der Waals surface area (Å²) in [7, 11) is 1.06. The second-order valence-corrected chi connectivity index (χ2v) is 7.32. The molecule has 0 fully saturated rings. The van der Waals surface area contributed by atoms with Crippen LogP contribution in [0.4, 0.5) is 37.8 Å². The molecule has 172 valence electrons. The SMILES string of the molecule is COc1nc(Nc2cc(C)nc3nc(-c4nscc4C(F)(F)F)cnc23)ccc1C(F)(F)F. The fraction of sp³-hybridized carbons (Fsp3) is 0.211. The van der Waals surface area contributed by atoms with Crippen molar-refractivity contribution in [3.8, 4) is 17.3 Å². The Kier molecular flexibility index (Phi) is 5.56. The Labute approximate surface area is 185 Å². The molecule has 0 aliphatic carbocycles. The minimum Gasteiger partial charge on any atom is -0.481 e. The van der Waals surface area contributed by atoms with Gasteiger partial charge in [-0.05, 0) is 36.7 Å². The molecule has 4 heterocycles. The summed E-state index contributed by atoms with van der Waals surface area (Å²) >= 11 is 0.637. The summed E-state index contributed by atoms with van der Waals surface area (Å²) in [5, 5.41) is 3.71. The highest BCUT2D eigenvalue weighted by Crippen LogP contribution is 2.38. The van der Waals surface area contributed by atoms with Crippen molar-refractivity contribution < 1.29 is 31.1 Å². The molecule has 0 aliphatic rings. The monoisotopic (exact) mass is 486 g/mol. The second-order valence-electron chi connectivity index (χ2n) is 6.69. The molecule has 1 N–H and O–H groups in total. The zero-order valence-corrected chi connectivity index (χ0v) is 17.5. The van der Waals surface area contributed by atoms with Crippen LogP contribution < -0.4 is 10.1 Å². The number of methoxy groups -OCH3 is 1. The standard InChI is InChI=1S/C19H12F6N6OS/c1-8-5-11(28-13-4-3-9(18(20,21)22)17(30-13)32-2)15-16(27-8)29-12(6-26-15)14-10(7-33-31-14)19(23,24)25/h3-7H,1-2H3,(H,27,28,29,30). The average molecular weight is 486 g/mol. The van der Waals surface area contributed by atoms with E-state index >= 15 is 0 Å². The zero-order valence-electron chi connectivity index (χ0n) is 16.7. The quantitative estimate of drug-likeness (QED) is 0.374. The van der Waals surface area contributed by atoms with Crippen molar-refractivity contribution in [2.75, 3.05) is 12.4 Å². The first-order valence-electron chi connectivity index (χ1n) is 9.03. The molecule has 0 aromatic carbocycles. The van der Waals surface area contributed by atoms with Crippen LogP contribution in [0.1, 0.15) is 16.8 Å². The Balaban J connectivity index is 1.76. The van der Waals surface area contributed by atoms with Crippen molar-refractivity contribution >= 4 is 34.2 Å². The van der Waals surface area contributed by atoms with Crippen LogP contribution in [-0.4, -0.2) is 31.4 Å². The van der Waals surface area contributed by atoms with Crippen LogP contribution in [0, 0.1) is 6.92 Å². The van der Waals surface area contributed by atoms with E-state index in [4.69, 9.17) is 4.74 Å². The summed E-state index contributed by atoms with van der Waals surface area (Å²) in [5.74, 6) is -0.601. The van der Waals surface area contributed by atoms with Gasteiger partial charge in [0.25, 0.3) is 0 Å². The number of aryl methyl sites for hydroxylation is 1. The Morgan fingerprint density at radius 2 is 1.70 bits per heavy atom. The van der Waals surface area contributed by atoms with E-state index < -0.39 is 29.4 Å². The van der Waals surface area contributed by atoms with Gasteiger partial charge in [-0.2, -0.15) is 35.7 Å². The molecular formula is C19H12F6N6OS. The Morgan fingerprint density at radius 1 is 0.970 bits per heavy atom. The number of ether oxygens (including phenoxy) is 1. The number of aromatic nitrogens is 5. The second kappa shape index (κ2) is 8.10. The highest BCUT2D eigenvalue weighted by molar-refractivity contribution is 7.04. The number of pyridine rings is 2. The molecule has 7 nitrogen and oxygen atoms in total. The van der Waals surface area contributed by atoms with Gasteiger partial charge in [-0.3, -0.25) is 0 Å². The van der Waals surface area contributed by atoms with Crippen molar-refractivity contribution in [1.29, 1.82) is 0 Å². The third-order valence-electron chi connectivity index (χ3n) is 4.38. The lowest BCUT2D eigenvalue weighted by Gasteiger charge is -2.14. The minimum atomic E-state index is -4.65. The summed E-state index contributed by atoms with van der Waals surface area (Å²) in [5.41, 5.74) is -1.54. The number of nitrogens with zero attached hydrogens (tertiary/aromatic N) is 5. The number of nitrogens with one attached hydrogen (secondary N) is 1. The molecule has 0 unspecified atom stereocenters. The number of hydrogen-bond acceptors (Lipinski definition) is 8. The number of alkyl halides is 6. The van der Waals surface area contributed by atoms with E-state index in [9.17, 15) is 26.3 Å². The first-order chi connectivity index (χ1) is 15.5. The van der Waals surface area contributed by atoms with Crippen molar-refractivity contribution in [3.05, 3.63) is 46.6 Å². The third-order valence-corrected chi connectivity index (χ3v) is 5.01. The Hall–Kier alpha value is -3.55. The molecule has 4 aromatic heterocycles. The normalized spacial score (nSPS) is 12.2. The van der Waals surface area contributed by atoms with Gasteiger partial charge < -0.3 is 10.1 Å². The van der Waals surface area contributed by atoms with Gasteiger partial charge in [-0.15, -0.1) is 0 Å². The minimum absolute atomic E-state index is 0.0231. The molecule has 33 heavy (non-hydrogen) atoms. The fourth-order valence-electron chi connectivity index (χ4n) is 2.98. The van der Waals surface area contributed by atoms with Gasteiger partial charge in [-0.1, -0.05) is 0 Å². The maximum absolute atomic E-state index is 13.2. The number of rotatable bonds is 4. The van der Waals surface area contributed by atoms with Gasteiger partial charge >= 0.3 is 12.4 Å². The van der Waals surface area contributed by atoms with Crippen molar-refractivity contribution in [2.45, 2.75) is 19.3 Å². The van der Waals surface area contributed by atoms with Gasteiger partial charge in [0.15, 0.2) is 5.65 Å². The number of hydrogen-bond donors (Lipinski definition) is 1. The van der Waals surface area contributed by atoms with Crippen LogP contribution in [0.2, 0.25) is 0 Å². The molecule has 0 spiro atoms. The van der Waals surface area contributed by atoms with E-state index in [1.165, 1.54) is 0 Å². The summed E-state index contributed by atoms with van der Waals surface area (Å²) in [6.07, 6.45) is -8.14. The van der Waals surface area contributed by atoms with Crippen molar-refractivity contribution in [2.24, 2.45) is 0 Å². The average Bonchev–Trinajstić information content (AvgIpc) is 3.23. The fourth-order valence-corrected chi connectivity index (χ4v) is 3.68. The summed E-state index contributed by atoms with van der Waals surface area (Å²) in [6.45, 7) is 1.61. The molecule has 0 bridgehead atoms. The van der Waals surface area contributed by atoms with Gasteiger partial charge in [0.2, 0.25) is 5.88 Å². The molecule has 14 heteroatoms. The molecule has 0 aliphatic heterocycles. The lowest BCUT2D eigenvalue weighted by atomic mass is 10.2. The maximum atomic E-state index is 13.2. The van der Waals surface area contributed by atoms with Crippen LogP contribution in [0.3, 0.4) is 0 Å². The predicted octanol–water partition coefficient (Wildman–Crippen LogP) is 5.64. The van der Waals surface area contributed by atoms with Gasteiger partial charge in [0.05, 0.1) is 24.6 Å². The lowest BCUT2D eigenvalue weighted by Crippen LogP contribution is -2.10. The van der Waals surface area contributed by atoms with Crippen LogP contribution >= 0.6 is 11.5 Å². The van der Waals surface area contributed by atoms with E-state index in [1.54, 1.807) is 13.0 Å². The van der Waals surface area contributed by atoms with Gasteiger partial charge in [-0.25, -0.2) is 15.0 Å². The van der Waals surface area contributed by atoms with Crippen LogP contribution in [0.5, 0.6) is 5.88 Å². The highest BCUT2D eigenvalue weighted by Gasteiger charge is 2.36. The predicted molar refractivity (Wildman–Crippen MR) is 107 cm³/mol. The largest absolute Gasteiger partial charge is 0.481 e. The Bertz CT molecular complexity index is 1340. The van der Waals surface area contributed by atoms with Gasteiger partial charge in [0, 0.05) is 11.1 Å². The first kappa shape index (κ1) is 22.6. The summed E-state index contributed by atoms with van der Waals surface area (Å²) in [6, 6.07) is 3.47. The van der Waals surface area contributed by atoms with E-state index in [0.29, 0.717) is 22.9 Å². The molecule has 4 rings (SSSR count). The summed E-state index contributed by atoms with van der Waals surface area (Å²) in [4.78, 5) is 16.4. The molecule has 0 radical (unpaired) electrons. The third kappa shape index (κ3) is 4.51. The zero-order chi connectivity index (χ0) is 24.0. The Morgan fingerprint density at radius 3 is 2.36 bits per heavy atom. The van der Waals surface area contributed by atoms with Gasteiger partial charge in [0.1, 0.15) is 28.3 Å². The lowest BCUT2D eigenvalue weighted by molar-refractivity contribution is -0.139. The summed E-state index contributed by atoms with van der Waals surface area (Å²) < 4.78 is 87.4. The van der Waals surface area contributed by atoms with E-state index in [1.807, 2.05) is 0 Å². The van der Waals surface area contributed by atoms with Crippen LogP contribution in [-0.2, 0) is 12.4 Å². The van der Waals surface area contributed by atoms with Crippen LogP contribution in [0.15, 0.2) is 29.8 Å². The molecule has 0 saturated carbocycles. The van der Waals surface area contributed by atoms with Crippen molar-refractivity contribution in [3.63, 3.8) is 0 Å². The van der Waals surface area contributed by atoms with E-state index in [-0.39, 0.29) is 28.4 Å². The topological polar surface area (TPSA) is 85.7 Å². The smallest absolute Gasteiger partial charge is 0.421 e. The van der Waals surface area contributed by atoms with Crippen LogP contribution in [0.25, 0.3) is 22.6 Å². The number of fused-ring (bicyclic) bond motifs is 1.